The van der Waals surface area contributed by atoms with Crippen LogP contribution < -0.4 is 15.9 Å². The molecule has 1 atom stereocenters. The van der Waals surface area contributed by atoms with E-state index in [0.29, 0.717) is 0 Å². The minimum absolute atomic E-state index is 0.861. The molecule has 258 valence electrons. The van der Waals surface area contributed by atoms with E-state index in [4.69, 9.17) is 0 Å². The zero-order valence-corrected chi connectivity index (χ0v) is 30.8. The van der Waals surface area contributed by atoms with Gasteiger partial charge in [-0.1, -0.05) is 164 Å². The van der Waals surface area contributed by atoms with Crippen LogP contribution in [0.1, 0.15) is 0 Å². The molecule has 11 rings (SSSR count). The monoisotopic (exact) mass is 719 g/mol. The summed E-state index contributed by atoms with van der Waals surface area (Å²) < 4.78 is 18.4. The van der Waals surface area contributed by atoms with Gasteiger partial charge in [-0.3, -0.25) is 0 Å². The average molecular weight is 720 g/mol. The van der Waals surface area contributed by atoms with Gasteiger partial charge >= 0.3 is 0 Å². The summed E-state index contributed by atoms with van der Waals surface area (Å²) in [7, 11) is -3.22. The summed E-state index contributed by atoms with van der Waals surface area (Å²) in [4.78, 5) is 0. The van der Waals surface area contributed by atoms with Crippen molar-refractivity contribution in [2.45, 2.75) is 0 Å². The standard InChI is InChI=1S/C52H34NOP/c54-55(44-20-8-3-9-21-44)49-29-28-46-45-22-12-13-23-48(45)53(52(46)51(49)47-33-39-18-10-11-19-40(39)34-50(47)55)43-31-41(36-16-6-2-7-17-36)30-42(32-43)38-26-24-37(25-27-38)35-14-4-1-5-15-35/h1-34H. The van der Waals surface area contributed by atoms with Crippen LogP contribution in [0.5, 0.6) is 0 Å². The highest BCUT2D eigenvalue weighted by atomic mass is 31.2. The first-order chi connectivity index (χ1) is 27.1. The number of rotatable bonds is 5. The summed E-state index contributed by atoms with van der Waals surface area (Å²) in [6.07, 6.45) is 0. The van der Waals surface area contributed by atoms with Crippen LogP contribution in [-0.4, -0.2) is 4.57 Å². The van der Waals surface area contributed by atoms with Crippen molar-refractivity contribution >= 4 is 55.6 Å². The SMILES string of the molecule is O=P1(c2ccccc2)c2cc3ccccc3cc2-c2c1ccc1c3ccccc3n(-c3cc(-c4ccccc4)cc(-c4ccc(-c5ccccc5)cc4)c3)c21. The van der Waals surface area contributed by atoms with Crippen LogP contribution in [0.15, 0.2) is 206 Å². The maximum atomic E-state index is 16.0. The number of hydrogen-bond donors (Lipinski definition) is 0. The molecule has 0 fully saturated rings. The van der Waals surface area contributed by atoms with E-state index < -0.39 is 7.14 Å². The number of aromatic nitrogens is 1. The number of fused-ring (bicyclic) bond motifs is 8. The first-order valence-corrected chi connectivity index (χ1v) is 20.5. The normalized spacial score (nSPS) is 14.7. The molecule has 0 radical (unpaired) electrons. The first kappa shape index (κ1) is 31.8. The Bertz CT molecular complexity index is 3150. The molecule has 2 heterocycles. The molecule has 0 aliphatic carbocycles. The van der Waals surface area contributed by atoms with Crippen molar-refractivity contribution in [2.24, 2.45) is 0 Å². The van der Waals surface area contributed by atoms with Gasteiger partial charge in [0.1, 0.15) is 0 Å². The summed E-state index contributed by atoms with van der Waals surface area (Å²) in [5, 5.41) is 7.23. The van der Waals surface area contributed by atoms with Crippen molar-refractivity contribution in [1.82, 2.24) is 4.57 Å². The molecule has 1 aliphatic heterocycles. The summed E-state index contributed by atoms with van der Waals surface area (Å²) in [5.74, 6) is 0. The smallest absolute Gasteiger partial charge is 0.172 e. The van der Waals surface area contributed by atoms with E-state index in [2.05, 4.69) is 180 Å². The van der Waals surface area contributed by atoms with Gasteiger partial charge in [0, 0.05) is 37.9 Å². The van der Waals surface area contributed by atoms with Crippen LogP contribution in [0.25, 0.3) is 82.8 Å². The summed E-state index contributed by atoms with van der Waals surface area (Å²) in [5.41, 5.74) is 12.3. The fourth-order valence-electron chi connectivity index (χ4n) is 8.77. The fraction of sp³-hybridized carbons (Fsp3) is 0. The van der Waals surface area contributed by atoms with Crippen LogP contribution in [0.2, 0.25) is 0 Å². The number of benzene rings is 9. The van der Waals surface area contributed by atoms with E-state index in [-0.39, 0.29) is 0 Å². The molecule has 3 heteroatoms. The number of nitrogens with zero attached hydrogens (tertiary/aromatic N) is 1. The van der Waals surface area contributed by atoms with Gasteiger partial charge in [0.2, 0.25) is 0 Å². The van der Waals surface area contributed by atoms with E-state index in [1.54, 1.807) is 0 Å². The summed E-state index contributed by atoms with van der Waals surface area (Å²) >= 11 is 0. The van der Waals surface area contributed by atoms with Gasteiger partial charge in [-0.2, -0.15) is 0 Å². The van der Waals surface area contributed by atoms with Crippen LogP contribution in [-0.2, 0) is 4.57 Å². The third-order valence-corrected chi connectivity index (χ3v) is 14.5. The maximum Gasteiger partial charge on any atom is 0.172 e. The molecule has 10 aromatic rings. The minimum Gasteiger partial charge on any atom is -0.309 e. The molecule has 2 nitrogen and oxygen atoms in total. The number of hydrogen-bond acceptors (Lipinski definition) is 1. The van der Waals surface area contributed by atoms with E-state index in [9.17, 15) is 0 Å². The number of para-hydroxylation sites is 1. The minimum atomic E-state index is -3.22. The second-order valence-corrected chi connectivity index (χ2v) is 17.1. The predicted molar refractivity (Wildman–Crippen MR) is 233 cm³/mol. The lowest BCUT2D eigenvalue weighted by Crippen LogP contribution is -2.20. The van der Waals surface area contributed by atoms with Crippen molar-refractivity contribution in [2.75, 3.05) is 0 Å². The highest BCUT2D eigenvalue weighted by Gasteiger charge is 2.42. The molecule has 0 amide bonds. The van der Waals surface area contributed by atoms with Crippen molar-refractivity contribution in [3.63, 3.8) is 0 Å². The van der Waals surface area contributed by atoms with Crippen LogP contribution >= 0.6 is 7.14 Å². The lowest BCUT2D eigenvalue weighted by molar-refractivity contribution is 0.593. The Balaban J connectivity index is 1.23. The molecule has 55 heavy (non-hydrogen) atoms. The molecular weight excluding hydrogens is 686 g/mol. The maximum absolute atomic E-state index is 16.0. The molecule has 0 saturated carbocycles. The molecule has 9 aromatic carbocycles. The topological polar surface area (TPSA) is 22.0 Å². The highest BCUT2D eigenvalue weighted by molar-refractivity contribution is 7.86. The Kier molecular flexibility index (Phi) is 7.17. The second kappa shape index (κ2) is 12.4. The van der Waals surface area contributed by atoms with Gasteiger partial charge in [-0.15, -0.1) is 0 Å². The van der Waals surface area contributed by atoms with Crippen LogP contribution in [0.3, 0.4) is 0 Å². The Hall–Kier alpha value is -6.73. The van der Waals surface area contributed by atoms with Gasteiger partial charge in [0.15, 0.2) is 7.14 Å². The molecule has 1 aliphatic rings. The fourth-order valence-corrected chi connectivity index (χ4v) is 11.8. The van der Waals surface area contributed by atoms with Gasteiger partial charge in [-0.25, -0.2) is 0 Å². The van der Waals surface area contributed by atoms with Gasteiger partial charge in [0.25, 0.3) is 0 Å². The summed E-state index contributed by atoms with van der Waals surface area (Å²) in [6.45, 7) is 0. The zero-order valence-electron chi connectivity index (χ0n) is 29.9. The molecule has 0 spiro atoms. The third-order valence-electron chi connectivity index (χ3n) is 11.4. The quantitative estimate of drug-likeness (QED) is 0.162. The van der Waals surface area contributed by atoms with Crippen LogP contribution in [0.4, 0.5) is 0 Å². The largest absolute Gasteiger partial charge is 0.309 e. The summed E-state index contributed by atoms with van der Waals surface area (Å²) in [6, 6.07) is 73.0. The first-order valence-electron chi connectivity index (χ1n) is 18.8. The highest BCUT2D eigenvalue weighted by Crippen LogP contribution is 2.55. The van der Waals surface area contributed by atoms with Crippen molar-refractivity contribution in [1.29, 1.82) is 0 Å². The van der Waals surface area contributed by atoms with Crippen molar-refractivity contribution in [3.8, 4) is 50.2 Å². The van der Waals surface area contributed by atoms with Crippen molar-refractivity contribution < 1.29 is 4.57 Å². The Morgan fingerprint density at radius 2 is 0.909 bits per heavy atom. The molecule has 1 aromatic heterocycles. The van der Waals surface area contributed by atoms with E-state index in [1.165, 1.54) is 16.5 Å². The second-order valence-electron chi connectivity index (χ2n) is 14.4. The lowest BCUT2D eigenvalue weighted by Gasteiger charge is -2.17. The Labute approximate surface area is 320 Å². The Morgan fingerprint density at radius 3 is 1.58 bits per heavy atom. The van der Waals surface area contributed by atoms with E-state index in [0.717, 1.165) is 82.2 Å². The van der Waals surface area contributed by atoms with E-state index >= 15 is 4.57 Å². The molecule has 0 bridgehead atoms. The molecule has 1 unspecified atom stereocenters. The average Bonchev–Trinajstić information content (AvgIpc) is 3.73. The molecule has 0 N–H and O–H groups in total. The predicted octanol–water partition coefficient (Wildman–Crippen LogP) is 12.6. The van der Waals surface area contributed by atoms with Crippen molar-refractivity contribution in [3.05, 3.63) is 206 Å². The molecule has 0 saturated heterocycles. The molecular formula is C52H34NOP. The Morgan fingerprint density at radius 1 is 0.382 bits per heavy atom. The van der Waals surface area contributed by atoms with Gasteiger partial charge < -0.3 is 9.13 Å². The third kappa shape index (κ3) is 4.92. The van der Waals surface area contributed by atoms with Crippen LogP contribution in [0, 0.1) is 0 Å². The van der Waals surface area contributed by atoms with Gasteiger partial charge in [-0.05, 0) is 92.2 Å². The van der Waals surface area contributed by atoms with E-state index in [1.807, 2.05) is 30.3 Å². The van der Waals surface area contributed by atoms with Gasteiger partial charge in [0.05, 0.1) is 11.0 Å². The zero-order chi connectivity index (χ0) is 36.5. The lowest BCUT2D eigenvalue weighted by atomic mass is 9.96.